The Morgan fingerprint density at radius 1 is 1.19 bits per heavy atom. The Morgan fingerprint density at radius 3 is 2.69 bits per heavy atom. The number of nitrogens with two attached hydrogens (primary N) is 1. The third kappa shape index (κ3) is 4.62. The Kier molecular flexibility index (Phi) is 6.18. The smallest absolute Gasteiger partial charge is 0.292 e. The van der Waals surface area contributed by atoms with Crippen LogP contribution in [-0.4, -0.2) is 47.6 Å². The summed E-state index contributed by atoms with van der Waals surface area (Å²) in [4.78, 5) is 43.1. The zero-order valence-electron chi connectivity index (χ0n) is 17.9. The van der Waals surface area contributed by atoms with Crippen LogP contribution in [0.3, 0.4) is 0 Å². The van der Waals surface area contributed by atoms with E-state index in [1.165, 1.54) is 5.01 Å². The van der Waals surface area contributed by atoms with Crippen molar-refractivity contribution in [3.63, 3.8) is 0 Å². The number of carbonyl (C=O) groups excluding carboxylic acids is 3. The molecule has 0 spiro atoms. The molecule has 3 amide bonds. The van der Waals surface area contributed by atoms with Crippen LogP contribution in [0.15, 0.2) is 53.5 Å². The second kappa shape index (κ2) is 9.19. The molecule has 0 bridgehead atoms. The third-order valence-corrected chi connectivity index (χ3v) is 5.68. The first-order valence-corrected chi connectivity index (χ1v) is 10.6. The lowest BCUT2D eigenvalue weighted by atomic mass is 10.1. The van der Waals surface area contributed by atoms with Crippen molar-refractivity contribution in [1.82, 2.24) is 10.3 Å². The number of benzene rings is 2. The Bertz CT molecular complexity index is 1070. The van der Waals surface area contributed by atoms with E-state index < -0.39 is 5.91 Å². The maximum atomic E-state index is 12.9. The number of aryl methyl sites for hydroxylation is 1. The number of rotatable bonds is 6. The van der Waals surface area contributed by atoms with Gasteiger partial charge in [0, 0.05) is 12.2 Å². The largest absolute Gasteiger partial charge is 0.368 e. The van der Waals surface area contributed by atoms with Crippen molar-refractivity contribution >= 4 is 34.9 Å². The summed E-state index contributed by atoms with van der Waals surface area (Å²) in [6.07, 6.45) is 1.65. The third-order valence-electron chi connectivity index (χ3n) is 5.68. The number of hydrazine groups is 1. The number of carbonyl (C=O) groups is 3. The molecule has 0 aliphatic carbocycles. The summed E-state index contributed by atoms with van der Waals surface area (Å²) in [6.45, 7) is 3.11. The zero-order chi connectivity index (χ0) is 22.7. The van der Waals surface area contributed by atoms with Crippen LogP contribution < -0.4 is 21.5 Å². The molecule has 2 heterocycles. The first-order valence-electron chi connectivity index (χ1n) is 10.6. The van der Waals surface area contributed by atoms with Crippen LogP contribution in [0.2, 0.25) is 0 Å². The number of hydrogen-bond donors (Lipinski definition) is 3. The Labute approximate surface area is 186 Å². The van der Waals surface area contributed by atoms with Crippen LogP contribution in [0.25, 0.3) is 0 Å². The van der Waals surface area contributed by atoms with Gasteiger partial charge in [-0.3, -0.25) is 29.7 Å². The highest BCUT2D eigenvalue weighted by molar-refractivity contribution is 6.43. The quantitative estimate of drug-likeness (QED) is 0.634. The molecule has 2 aliphatic rings. The molecular weight excluding hydrogens is 408 g/mol. The van der Waals surface area contributed by atoms with Gasteiger partial charge in [0.05, 0.1) is 11.7 Å². The number of nitrogens with one attached hydrogen (secondary N) is 2. The van der Waals surface area contributed by atoms with E-state index in [1.54, 1.807) is 6.07 Å². The first-order chi connectivity index (χ1) is 15.4. The lowest BCUT2D eigenvalue weighted by molar-refractivity contribution is -0.122. The van der Waals surface area contributed by atoms with E-state index in [1.807, 2.05) is 54.3 Å². The van der Waals surface area contributed by atoms with Gasteiger partial charge in [-0.1, -0.05) is 35.9 Å². The van der Waals surface area contributed by atoms with Crippen molar-refractivity contribution in [2.45, 2.75) is 32.4 Å². The lowest BCUT2D eigenvalue weighted by Crippen LogP contribution is -2.54. The van der Waals surface area contributed by atoms with Crippen molar-refractivity contribution in [3.8, 4) is 0 Å². The molecule has 1 unspecified atom stereocenters. The number of amides is 3. The van der Waals surface area contributed by atoms with E-state index in [0.29, 0.717) is 17.9 Å². The van der Waals surface area contributed by atoms with Crippen LogP contribution in [0.5, 0.6) is 0 Å². The Balaban J connectivity index is 1.48. The van der Waals surface area contributed by atoms with E-state index in [-0.39, 0.29) is 30.2 Å². The molecule has 1 atom stereocenters. The fraction of sp³-hybridized carbons (Fsp3) is 0.304. The summed E-state index contributed by atoms with van der Waals surface area (Å²) >= 11 is 0. The van der Waals surface area contributed by atoms with E-state index in [9.17, 15) is 14.4 Å². The van der Waals surface area contributed by atoms with Gasteiger partial charge in [0.25, 0.3) is 11.8 Å². The average Bonchev–Trinajstić information content (AvgIpc) is 3.25. The number of anilines is 2. The highest BCUT2D eigenvalue weighted by Crippen LogP contribution is 2.24. The van der Waals surface area contributed by atoms with E-state index in [2.05, 4.69) is 15.7 Å². The summed E-state index contributed by atoms with van der Waals surface area (Å²) in [5, 5.41) is 4.21. The predicted molar refractivity (Wildman–Crippen MR) is 122 cm³/mol. The fourth-order valence-electron chi connectivity index (χ4n) is 3.96. The minimum atomic E-state index is -0.449. The second-order valence-electron chi connectivity index (χ2n) is 7.98. The summed E-state index contributed by atoms with van der Waals surface area (Å²) in [5.74, 6) is -0.978. The highest BCUT2D eigenvalue weighted by Gasteiger charge is 2.30. The van der Waals surface area contributed by atoms with Gasteiger partial charge in [0.2, 0.25) is 11.7 Å². The topological polar surface area (TPSA) is 120 Å². The molecule has 2 aromatic carbocycles. The molecule has 2 aromatic rings. The van der Waals surface area contributed by atoms with E-state index in [4.69, 9.17) is 5.73 Å². The van der Waals surface area contributed by atoms with Gasteiger partial charge in [0.15, 0.2) is 0 Å². The van der Waals surface area contributed by atoms with Gasteiger partial charge in [0.1, 0.15) is 6.54 Å². The molecule has 0 radical (unpaired) electrons. The Morgan fingerprint density at radius 2 is 1.94 bits per heavy atom. The SMILES string of the molecule is Cc1ccc(N2NC(C(=O)Nc3ccccc3CN3CCCC3C(N)=O)=NCC2=O)cc1. The lowest BCUT2D eigenvalue weighted by Gasteiger charge is -2.28. The van der Waals surface area contributed by atoms with Crippen LogP contribution in [0.1, 0.15) is 24.0 Å². The number of primary amides is 1. The molecule has 1 saturated heterocycles. The van der Waals surface area contributed by atoms with Crippen LogP contribution >= 0.6 is 0 Å². The van der Waals surface area contributed by atoms with E-state index in [0.717, 1.165) is 30.5 Å². The number of amidine groups is 1. The van der Waals surface area contributed by atoms with Gasteiger partial charge in [-0.25, -0.2) is 5.01 Å². The minimum Gasteiger partial charge on any atom is -0.368 e. The van der Waals surface area contributed by atoms with Crippen LogP contribution in [0, 0.1) is 6.92 Å². The molecular formula is C23H26N6O3. The van der Waals surface area contributed by atoms with Gasteiger partial charge < -0.3 is 11.1 Å². The molecule has 0 aromatic heterocycles. The van der Waals surface area contributed by atoms with Crippen molar-refractivity contribution < 1.29 is 14.4 Å². The number of hydrogen-bond acceptors (Lipinski definition) is 6. The molecule has 32 heavy (non-hydrogen) atoms. The van der Waals surface area contributed by atoms with Gasteiger partial charge in [-0.2, -0.15) is 0 Å². The van der Waals surface area contributed by atoms with Crippen LogP contribution in [0.4, 0.5) is 11.4 Å². The Hall–Kier alpha value is -3.72. The number of nitrogens with zero attached hydrogens (tertiary/aromatic N) is 3. The summed E-state index contributed by atoms with van der Waals surface area (Å²) in [5.41, 5.74) is 11.5. The van der Waals surface area contributed by atoms with Crippen molar-refractivity contribution in [2.24, 2.45) is 10.7 Å². The van der Waals surface area contributed by atoms with Gasteiger partial charge in [-0.15, -0.1) is 0 Å². The summed E-state index contributed by atoms with van der Waals surface area (Å²) in [7, 11) is 0. The standard InChI is InChI=1S/C23H26N6O3/c1-15-8-10-17(11-9-15)29-20(30)13-25-22(27-29)23(32)26-18-6-3-2-5-16(18)14-28-12-4-7-19(28)21(24)31/h2-3,5-6,8-11,19H,4,7,12-14H2,1H3,(H2,24,31)(H,25,27)(H,26,32). The molecule has 1 fully saturated rings. The highest BCUT2D eigenvalue weighted by atomic mass is 16.2. The predicted octanol–water partition coefficient (Wildman–Crippen LogP) is 1.33. The molecule has 0 saturated carbocycles. The maximum Gasteiger partial charge on any atom is 0.292 e. The summed E-state index contributed by atoms with van der Waals surface area (Å²) in [6, 6.07) is 14.5. The van der Waals surface area contributed by atoms with Crippen molar-refractivity contribution in [2.75, 3.05) is 23.4 Å². The van der Waals surface area contributed by atoms with Crippen molar-refractivity contribution in [1.29, 1.82) is 0 Å². The van der Waals surface area contributed by atoms with Crippen LogP contribution in [-0.2, 0) is 20.9 Å². The maximum absolute atomic E-state index is 12.9. The van der Waals surface area contributed by atoms with Gasteiger partial charge >= 0.3 is 0 Å². The number of para-hydroxylation sites is 1. The number of likely N-dealkylation sites (tertiary alicyclic amines) is 1. The monoisotopic (exact) mass is 434 g/mol. The second-order valence-corrected chi connectivity index (χ2v) is 7.98. The average molecular weight is 435 g/mol. The van der Waals surface area contributed by atoms with Gasteiger partial charge in [-0.05, 0) is 50.1 Å². The van der Waals surface area contributed by atoms with Crippen molar-refractivity contribution in [3.05, 3.63) is 59.7 Å². The molecule has 9 heteroatoms. The number of aliphatic imine (C=N–C) groups is 1. The molecule has 2 aliphatic heterocycles. The molecule has 166 valence electrons. The first kappa shape index (κ1) is 21.5. The summed E-state index contributed by atoms with van der Waals surface area (Å²) < 4.78 is 0. The normalized spacial score (nSPS) is 18.8. The fourth-order valence-corrected chi connectivity index (χ4v) is 3.96. The molecule has 9 nitrogen and oxygen atoms in total. The molecule has 4 N–H and O–H groups in total. The molecule has 4 rings (SSSR count). The zero-order valence-corrected chi connectivity index (χ0v) is 17.9. The van der Waals surface area contributed by atoms with E-state index >= 15 is 0 Å². The minimum absolute atomic E-state index is 0.0520.